The van der Waals surface area contributed by atoms with Crippen molar-refractivity contribution >= 4 is 34.9 Å². The first-order valence-corrected chi connectivity index (χ1v) is 9.54. The van der Waals surface area contributed by atoms with Gasteiger partial charge in [-0.25, -0.2) is 0 Å². The number of hydrogen-bond donors (Lipinski definition) is 2. The number of rotatable bonds is 9. The highest BCUT2D eigenvalue weighted by atomic mass is 16.5. The fourth-order valence-electron chi connectivity index (χ4n) is 2.61. The van der Waals surface area contributed by atoms with Gasteiger partial charge >= 0.3 is 0 Å². The molecule has 0 aliphatic rings. The Labute approximate surface area is 180 Å². The van der Waals surface area contributed by atoms with Crippen molar-refractivity contribution in [3.05, 3.63) is 90.0 Å². The molecule has 0 saturated heterocycles. The minimum absolute atomic E-state index is 0.0670. The van der Waals surface area contributed by atoms with E-state index in [0.29, 0.717) is 22.6 Å². The highest BCUT2D eigenvalue weighted by molar-refractivity contribution is 6.64. The maximum absolute atomic E-state index is 13.0. The van der Waals surface area contributed by atoms with Gasteiger partial charge in [0.05, 0.1) is 24.7 Å². The lowest BCUT2D eigenvalue weighted by atomic mass is 10.0. The Balaban J connectivity index is 1.82. The molecule has 3 rings (SSSR count). The summed E-state index contributed by atoms with van der Waals surface area (Å²) in [6.07, 6.45) is 1.35. The average Bonchev–Trinajstić information content (AvgIpc) is 2.82. The Kier molecular flexibility index (Phi) is 7.26. The minimum atomic E-state index is -0.338. The second-order valence-electron chi connectivity index (χ2n) is 6.54. The molecule has 7 heteroatoms. The molecule has 0 amide bonds. The lowest BCUT2D eigenvalue weighted by Crippen LogP contribution is -2.18. The summed E-state index contributed by atoms with van der Waals surface area (Å²) in [5, 5.41) is 8.37. The van der Waals surface area contributed by atoms with Crippen molar-refractivity contribution in [3.8, 4) is 5.75 Å². The van der Waals surface area contributed by atoms with Crippen LogP contribution in [-0.2, 0) is 0 Å². The number of anilines is 2. The second kappa shape index (κ2) is 10.5. The number of methoxy groups -OCH3 is 1. The highest BCUT2D eigenvalue weighted by Crippen LogP contribution is 2.15. The van der Waals surface area contributed by atoms with Gasteiger partial charge in [0.15, 0.2) is 11.5 Å². The Bertz CT molecular complexity index is 1090. The summed E-state index contributed by atoms with van der Waals surface area (Å²) in [5.41, 5.74) is 8.21. The summed E-state index contributed by atoms with van der Waals surface area (Å²) in [6, 6.07) is 22.9. The Morgan fingerprint density at radius 3 is 2.03 bits per heavy atom. The molecule has 0 aliphatic heterocycles. The van der Waals surface area contributed by atoms with Gasteiger partial charge in [-0.2, -0.15) is 10.2 Å². The number of nitrogens with one attached hydrogen (secondary N) is 2. The number of ketones is 2. The van der Waals surface area contributed by atoms with E-state index in [2.05, 4.69) is 21.1 Å². The minimum Gasteiger partial charge on any atom is -0.497 e. The first-order chi connectivity index (χ1) is 15.1. The number of carbonyl (C=O) groups is 2. The molecular formula is C24H22N4O3. The van der Waals surface area contributed by atoms with E-state index in [4.69, 9.17) is 4.74 Å². The maximum Gasteiger partial charge on any atom is 0.214 e. The smallest absolute Gasteiger partial charge is 0.214 e. The van der Waals surface area contributed by atoms with Crippen LogP contribution in [0.5, 0.6) is 5.75 Å². The van der Waals surface area contributed by atoms with E-state index in [1.54, 1.807) is 55.6 Å². The Morgan fingerprint density at radius 1 is 0.806 bits per heavy atom. The van der Waals surface area contributed by atoms with Gasteiger partial charge in [-0.15, -0.1) is 0 Å². The molecule has 0 spiro atoms. The van der Waals surface area contributed by atoms with E-state index in [-0.39, 0.29) is 17.3 Å². The number of Topliss-reactive ketones (excluding diaryl/α,β-unsaturated/α-hetero) is 2. The molecule has 0 bridgehead atoms. The molecule has 0 fully saturated rings. The van der Waals surface area contributed by atoms with E-state index < -0.39 is 0 Å². The monoisotopic (exact) mass is 414 g/mol. The van der Waals surface area contributed by atoms with E-state index in [9.17, 15) is 9.59 Å². The predicted molar refractivity (Wildman–Crippen MR) is 123 cm³/mol. The molecule has 3 aromatic carbocycles. The van der Waals surface area contributed by atoms with Crippen molar-refractivity contribution in [1.82, 2.24) is 0 Å². The van der Waals surface area contributed by atoms with Gasteiger partial charge in [0.1, 0.15) is 5.75 Å². The van der Waals surface area contributed by atoms with Crippen LogP contribution >= 0.6 is 0 Å². The molecule has 0 aromatic heterocycles. The van der Waals surface area contributed by atoms with Crippen LogP contribution in [0, 0.1) is 0 Å². The van der Waals surface area contributed by atoms with E-state index >= 15 is 0 Å². The van der Waals surface area contributed by atoms with Crippen molar-refractivity contribution < 1.29 is 14.3 Å². The molecule has 31 heavy (non-hydrogen) atoms. The quantitative estimate of drug-likeness (QED) is 0.302. The van der Waals surface area contributed by atoms with E-state index in [0.717, 1.165) is 5.69 Å². The number of ether oxygens (including phenoxy) is 1. The van der Waals surface area contributed by atoms with Crippen LogP contribution < -0.4 is 15.6 Å². The number of benzene rings is 3. The molecule has 0 radical (unpaired) electrons. The Hall–Kier alpha value is -4.26. The Morgan fingerprint density at radius 2 is 1.42 bits per heavy atom. The van der Waals surface area contributed by atoms with Crippen LogP contribution in [0.2, 0.25) is 0 Å². The lowest BCUT2D eigenvalue weighted by molar-refractivity contribution is 0.101. The standard InChI is InChI=1S/C24H22N4O3/c1-17(29)18-8-10-19(11-9-18)24(30)23(16-25-26-20-6-4-3-5-7-20)28-27-21-12-14-22(31-2)15-13-21/h3-16,26-27H,1-2H3/b25-16+,28-23+. The number of para-hydroxylation sites is 1. The van der Waals surface area contributed by atoms with Crippen molar-refractivity contribution in [2.45, 2.75) is 6.92 Å². The fraction of sp³-hybridized carbons (Fsp3) is 0.0833. The topological polar surface area (TPSA) is 92.2 Å². The van der Waals surface area contributed by atoms with Gasteiger partial charge in [-0.3, -0.25) is 20.4 Å². The molecule has 0 atom stereocenters. The van der Waals surface area contributed by atoms with Gasteiger partial charge in [-0.05, 0) is 43.3 Å². The van der Waals surface area contributed by atoms with Crippen LogP contribution in [0.25, 0.3) is 0 Å². The average molecular weight is 414 g/mol. The largest absolute Gasteiger partial charge is 0.497 e. The van der Waals surface area contributed by atoms with Crippen LogP contribution in [0.3, 0.4) is 0 Å². The molecule has 3 aromatic rings. The molecule has 2 N–H and O–H groups in total. The van der Waals surface area contributed by atoms with Crippen molar-refractivity contribution in [2.75, 3.05) is 18.0 Å². The van der Waals surface area contributed by atoms with Crippen LogP contribution in [0.15, 0.2) is 89.1 Å². The molecule has 7 nitrogen and oxygen atoms in total. The van der Waals surface area contributed by atoms with Gasteiger partial charge in [0, 0.05) is 11.1 Å². The number of nitrogens with zero attached hydrogens (tertiary/aromatic N) is 2. The second-order valence-corrected chi connectivity index (χ2v) is 6.54. The van der Waals surface area contributed by atoms with E-state index in [1.807, 2.05) is 30.3 Å². The summed E-state index contributed by atoms with van der Waals surface area (Å²) >= 11 is 0. The van der Waals surface area contributed by atoms with Gasteiger partial charge < -0.3 is 4.74 Å². The zero-order chi connectivity index (χ0) is 22.1. The maximum atomic E-state index is 13.0. The molecule has 156 valence electrons. The first-order valence-electron chi connectivity index (χ1n) is 9.54. The van der Waals surface area contributed by atoms with Crippen LogP contribution in [0.4, 0.5) is 11.4 Å². The summed E-state index contributed by atoms with van der Waals surface area (Å²) in [5.74, 6) is 0.308. The third-order valence-electron chi connectivity index (χ3n) is 4.34. The normalized spacial score (nSPS) is 11.2. The predicted octanol–water partition coefficient (Wildman–Crippen LogP) is 4.65. The lowest BCUT2D eigenvalue weighted by Gasteiger charge is -2.06. The molecule has 0 saturated carbocycles. The zero-order valence-electron chi connectivity index (χ0n) is 17.2. The van der Waals surface area contributed by atoms with Crippen LogP contribution in [0.1, 0.15) is 27.6 Å². The van der Waals surface area contributed by atoms with Gasteiger partial charge in [0.25, 0.3) is 0 Å². The number of hydrazone groups is 2. The third-order valence-corrected chi connectivity index (χ3v) is 4.34. The zero-order valence-corrected chi connectivity index (χ0v) is 17.2. The van der Waals surface area contributed by atoms with Crippen LogP contribution in [-0.4, -0.2) is 30.6 Å². The summed E-state index contributed by atoms with van der Waals surface area (Å²) < 4.78 is 5.14. The fourth-order valence-corrected chi connectivity index (χ4v) is 2.61. The number of hydrogen-bond acceptors (Lipinski definition) is 7. The third kappa shape index (κ3) is 6.11. The summed E-state index contributed by atoms with van der Waals surface area (Å²) in [4.78, 5) is 24.5. The van der Waals surface area contributed by atoms with Gasteiger partial charge in [0.2, 0.25) is 5.78 Å². The molecule has 0 aliphatic carbocycles. The van der Waals surface area contributed by atoms with Gasteiger partial charge in [-0.1, -0.05) is 42.5 Å². The van der Waals surface area contributed by atoms with Crippen molar-refractivity contribution in [3.63, 3.8) is 0 Å². The van der Waals surface area contributed by atoms with E-state index in [1.165, 1.54) is 13.1 Å². The van der Waals surface area contributed by atoms with Crippen molar-refractivity contribution in [1.29, 1.82) is 0 Å². The first kappa shape index (κ1) is 21.4. The van der Waals surface area contributed by atoms with Crippen molar-refractivity contribution in [2.24, 2.45) is 10.2 Å². The SMILES string of the molecule is COc1ccc(N/N=C(\C=N\Nc2ccccc2)C(=O)c2ccc(C(C)=O)cc2)cc1. The molecule has 0 unspecified atom stereocenters. The number of carbonyl (C=O) groups excluding carboxylic acids is 2. The summed E-state index contributed by atoms with van der Waals surface area (Å²) in [7, 11) is 1.59. The summed E-state index contributed by atoms with van der Waals surface area (Å²) in [6.45, 7) is 1.48. The molecule has 0 heterocycles. The highest BCUT2D eigenvalue weighted by Gasteiger charge is 2.13. The molecular weight excluding hydrogens is 392 g/mol.